The second kappa shape index (κ2) is 9.14. The number of benzene rings is 1. The van der Waals surface area contributed by atoms with E-state index in [1.165, 1.54) is 12.1 Å². The lowest BCUT2D eigenvalue weighted by Gasteiger charge is -2.22. The lowest BCUT2D eigenvalue weighted by Crippen LogP contribution is -2.46. The number of nitrogens with zero attached hydrogens (tertiary/aromatic N) is 5. The minimum absolute atomic E-state index is 0.0283. The second-order valence-electron chi connectivity index (χ2n) is 8.70. The number of nitriles is 1. The summed E-state index contributed by atoms with van der Waals surface area (Å²) in [5, 5.41) is 22.2. The predicted molar refractivity (Wildman–Crippen MR) is 116 cm³/mol. The number of carbonyl (C=O) groups is 1. The van der Waals surface area contributed by atoms with E-state index in [9.17, 15) is 23.2 Å². The van der Waals surface area contributed by atoms with Gasteiger partial charge in [0.05, 0.1) is 19.1 Å². The molecule has 5 rings (SSSR count). The molecule has 1 unspecified atom stereocenters. The molecule has 1 saturated heterocycles. The Balaban J connectivity index is 1.21. The van der Waals surface area contributed by atoms with Gasteiger partial charge in [-0.05, 0) is 42.9 Å². The summed E-state index contributed by atoms with van der Waals surface area (Å²) in [7, 11) is 0. The van der Waals surface area contributed by atoms with Crippen molar-refractivity contribution in [2.24, 2.45) is 10.2 Å². The number of likely N-dealkylation sites (tertiary alicyclic amines) is 1. The number of hydrogen-bond donors (Lipinski definition) is 3. The van der Waals surface area contributed by atoms with Crippen LogP contribution >= 0.6 is 0 Å². The maximum Gasteiger partial charge on any atom is 0.573 e. The largest absolute Gasteiger partial charge is 0.573 e. The first-order valence-electron chi connectivity index (χ1n) is 11.2. The molecule has 3 heterocycles. The van der Waals surface area contributed by atoms with Gasteiger partial charge in [-0.3, -0.25) is 10.2 Å². The fourth-order valence-electron chi connectivity index (χ4n) is 4.42. The van der Waals surface area contributed by atoms with Crippen molar-refractivity contribution in [1.82, 2.24) is 26.2 Å². The molecule has 14 heteroatoms. The predicted octanol–water partition coefficient (Wildman–Crippen LogP) is 0.916. The van der Waals surface area contributed by atoms with Gasteiger partial charge in [0.2, 0.25) is 5.90 Å². The minimum atomic E-state index is -4.83. The minimum Gasteiger partial charge on any atom is -0.441 e. The summed E-state index contributed by atoms with van der Waals surface area (Å²) in [5.74, 6) is -0.645. The summed E-state index contributed by atoms with van der Waals surface area (Å²) in [5.41, 5.74) is 6.80. The van der Waals surface area contributed by atoms with Gasteiger partial charge in [-0.1, -0.05) is 6.07 Å². The van der Waals surface area contributed by atoms with Crippen LogP contribution in [-0.4, -0.2) is 72.3 Å². The van der Waals surface area contributed by atoms with Gasteiger partial charge in [0.25, 0.3) is 12.1 Å². The number of hydrazone groups is 2. The number of nitrogens with one attached hydrogen (secondary N) is 3. The van der Waals surface area contributed by atoms with Crippen molar-refractivity contribution in [1.29, 1.82) is 5.26 Å². The molecular formula is C21H23F3N8O3. The molecule has 1 amide bonds. The van der Waals surface area contributed by atoms with Crippen molar-refractivity contribution in [3.8, 4) is 11.9 Å². The molecule has 1 aromatic carbocycles. The lowest BCUT2D eigenvalue weighted by molar-refractivity contribution is -0.274. The van der Waals surface area contributed by atoms with Gasteiger partial charge in [-0.2, -0.15) is 10.4 Å². The van der Waals surface area contributed by atoms with E-state index in [-0.39, 0.29) is 29.6 Å². The Morgan fingerprint density at radius 3 is 2.89 bits per heavy atom. The first-order valence-corrected chi connectivity index (χ1v) is 11.2. The zero-order valence-corrected chi connectivity index (χ0v) is 18.5. The van der Waals surface area contributed by atoms with Gasteiger partial charge in [-0.15, -0.1) is 18.3 Å². The quantitative estimate of drug-likeness (QED) is 0.480. The third kappa shape index (κ3) is 5.35. The molecule has 0 bridgehead atoms. The summed E-state index contributed by atoms with van der Waals surface area (Å²) in [6.07, 6.45) is 0.256. The number of halogens is 3. The standard InChI is InChI=1S/C21H23F3N8O3/c22-21(23,24)35-15-3-4-16(12-1-2-12)17(8-15)19-29-30-20(34-19)18(33)28-13-7-14(31(9-13)11-25)10-32-26-5-6-27-32/h3-5,8,12-14,20,27,30H,1-2,6-7,9-10H2,(H,28,33)/t13-,14+,20?/m1/s1. The van der Waals surface area contributed by atoms with Gasteiger partial charge in [0.1, 0.15) is 5.75 Å². The number of amides is 1. The van der Waals surface area contributed by atoms with Crippen molar-refractivity contribution in [2.45, 2.75) is 49.9 Å². The van der Waals surface area contributed by atoms with Crippen LogP contribution in [-0.2, 0) is 9.53 Å². The van der Waals surface area contributed by atoms with Crippen LogP contribution in [0.2, 0.25) is 0 Å². The molecule has 3 N–H and O–H groups in total. The van der Waals surface area contributed by atoms with E-state index in [1.54, 1.807) is 22.3 Å². The Hall–Kier alpha value is -3.73. The zero-order chi connectivity index (χ0) is 24.6. The Bertz CT molecular complexity index is 1080. The summed E-state index contributed by atoms with van der Waals surface area (Å²) >= 11 is 0. The van der Waals surface area contributed by atoms with Gasteiger partial charge in [-0.25, -0.2) is 10.5 Å². The summed E-state index contributed by atoms with van der Waals surface area (Å²) < 4.78 is 47.8. The number of carbonyl (C=O) groups excluding carboxylic acids is 1. The van der Waals surface area contributed by atoms with Crippen LogP contribution in [0.5, 0.6) is 5.75 Å². The highest BCUT2D eigenvalue weighted by Gasteiger charge is 2.38. The van der Waals surface area contributed by atoms with E-state index >= 15 is 0 Å². The fraction of sp³-hybridized carbons (Fsp3) is 0.524. The number of rotatable bonds is 7. The maximum atomic E-state index is 12.8. The number of hydrogen-bond acceptors (Lipinski definition) is 10. The molecule has 1 aromatic rings. The molecular weight excluding hydrogens is 469 g/mol. The topological polar surface area (TPSA) is 127 Å². The zero-order valence-electron chi connectivity index (χ0n) is 18.5. The third-order valence-electron chi connectivity index (χ3n) is 6.12. The first kappa shape index (κ1) is 23.0. The molecule has 1 saturated carbocycles. The van der Waals surface area contributed by atoms with E-state index < -0.39 is 18.5 Å². The van der Waals surface area contributed by atoms with Crippen molar-refractivity contribution in [3.63, 3.8) is 0 Å². The summed E-state index contributed by atoms with van der Waals surface area (Å²) in [4.78, 5) is 14.4. The Kier molecular flexibility index (Phi) is 6.01. The van der Waals surface area contributed by atoms with Crippen LogP contribution in [0, 0.1) is 11.5 Å². The monoisotopic (exact) mass is 492 g/mol. The van der Waals surface area contributed by atoms with Gasteiger partial charge < -0.3 is 19.7 Å². The van der Waals surface area contributed by atoms with E-state index in [0.29, 0.717) is 31.6 Å². The molecule has 0 spiro atoms. The summed E-state index contributed by atoms with van der Waals surface area (Å²) in [6.45, 7) is 1.45. The van der Waals surface area contributed by atoms with E-state index in [2.05, 4.69) is 37.3 Å². The smallest absolute Gasteiger partial charge is 0.441 e. The Morgan fingerprint density at radius 1 is 1.37 bits per heavy atom. The van der Waals surface area contributed by atoms with E-state index in [4.69, 9.17) is 4.74 Å². The van der Waals surface area contributed by atoms with Crippen LogP contribution in [0.15, 0.2) is 28.4 Å². The first-order chi connectivity index (χ1) is 16.8. The van der Waals surface area contributed by atoms with Crippen molar-refractivity contribution in [2.75, 3.05) is 19.6 Å². The lowest BCUT2D eigenvalue weighted by atomic mass is 10.0. The van der Waals surface area contributed by atoms with Crippen molar-refractivity contribution < 1.29 is 27.4 Å². The molecule has 35 heavy (non-hydrogen) atoms. The Morgan fingerprint density at radius 2 is 2.20 bits per heavy atom. The van der Waals surface area contributed by atoms with Gasteiger partial charge >= 0.3 is 6.36 Å². The normalized spacial score (nSPS) is 25.7. The fourth-order valence-corrected chi connectivity index (χ4v) is 4.42. The van der Waals surface area contributed by atoms with Gasteiger partial charge in [0, 0.05) is 24.4 Å². The highest BCUT2D eigenvalue weighted by atomic mass is 19.4. The SMILES string of the molecule is N#CN1C[C@H](NC(=O)C2NN=C(c3cc(OC(F)(F)F)ccc3C3CC3)O2)C[C@H]1CN1N=CCN1. The molecule has 3 aliphatic heterocycles. The number of alkyl halides is 3. The molecule has 0 radical (unpaired) electrons. The molecule has 4 aliphatic rings. The number of hydrazine groups is 1. The molecule has 186 valence electrons. The van der Waals surface area contributed by atoms with Crippen LogP contribution in [0.1, 0.15) is 36.3 Å². The number of ether oxygens (including phenoxy) is 2. The second-order valence-corrected chi connectivity index (χ2v) is 8.70. The molecule has 3 atom stereocenters. The molecule has 0 aromatic heterocycles. The van der Waals surface area contributed by atoms with Crippen molar-refractivity contribution in [3.05, 3.63) is 29.3 Å². The van der Waals surface area contributed by atoms with Crippen molar-refractivity contribution >= 4 is 18.0 Å². The van der Waals surface area contributed by atoms with Crippen LogP contribution < -0.4 is 20.9 Å². The highest BCUT2D eigenvalue weighted by molar-refractivity contribution is 5.99. The summed E-state index contributed by atoms with van der Waals surface area (Å²) in [6, 6.07) is 3.64. The van der Waals surface area contributed by atoms with E-state index in [1.807, 2.05) is 0 Å². The molecule has 2 fully saturated rings. The average molecular weight is 492 g/mol. The van der Waals surface area contributed by atoms with Crippen LogP contribution in [0.25, 0.3) is 0 Å². The van der Waals surface area contributed by atoms with Crippen LogP contribution in [0.3, 0.4) is 0 Å². The van der Waals surface area contributed by atoms with Gasteiger partial charge in [0.15, 0.2) is 6.19 Å². The molecule has 11 nitrogen and oxygen atoms in total. The van der Waals surface area contributed by atoms with Crippen LogP contribution in [0.4, 0.5) is 13.2 Å². The Labute approximate surface area is 198 Å². The molecule has 1 aliphatic carbocycles. The average Bonchev–Trinajstić information content (AvgIpc) is 3.18. The third-order valence-corrected chi connectivity index (χ3v) is 6.12. The van der Waals surface area contributed by atoms with E-state index in [0.717, 1.165) is 18.4 Å². The maximum absolute atomic E-state index is 12.8. The highest BCUT2D eigenvalue weighted by Crippen LogP contribution is 2.43.